The molecule has 1 N–H and O–H groups in total. The maximum atomic E-state index is 13.0. The molecular formula is C18H16F4N4O. The zero-order valence-corrected chi connectivity index (χ0v) is 14.7. The van der Waals surface area contributed by atoms with E-state index in [0.29, 0.717) is 11.4 Å². The largest absolute Gasteiger partial charge is 0.432 e. The third-order valence-electron chi connectivity index (χ3n) is 3.64. The molecule has 142 valence electrons. The smallest absolute Gasteiger partial charge is 0.424 e. The Labute approximate surface area is 152 Å². The van der Waals surface area contributed by atoms with Gasteiger partial charge in [-0.05, 0) is 36.4 Å². The van der Waals surface area contributed by atoms with Crippen molar-refractivity contribution in [3.05, 3.63) is 53.6 Å². The molecule has 0 amide bonds. The van der Waals surface area contributed by atoms with E-state index in [-0.39, 0.29) is 17.4 Å². The zero-order valence-electron chi connectivity index (χ0n) is 14.7. The fourth-order valence-corrected chi connectivity index (χ4v) is 2.19. The average Bonchev–Trinajstić information content (AvgIpc) is 3.06. The van der Waals surface area contributed by atoms with Gasteiger partial charge >= 0.3 is 12.2 Å². The van der Waals surface area contributed by atoms with Crippen LogP contribution in [0.15, 0.2) is 36.4 Å². The number of nitrogens with zero attached hydrogens (tertiary/aromatic N) is 3. The highest BCUT2D eigenvalue weighted by Crippen LogP contribution is 2.32. The Kier molecular flexibility index (Phi) is 4.63. The molecule has 5 nitrogen and oxygen atoms in total. The van der Waals surface area contributed by atoms with E-state index >= 15 is 0 Å². The summed E-state index contributed by atoms with van der Waals surface area (Å²) in [5, 5.41) is 5.66. The van der Waals surface area contributed by atoms with Gasteiger partial charge in [-0.1, -0.05) is 20.8 Å². The summed E-state index contributed by atoms with van der Waals surface area (Å²) in [5.41, 5.74) is -0.643. The molecule has 0 saturated carbocycles. The van der Waals surface area contributed by atoms with Crippen molar-refractivity contribution < 1.29 is 22.3 Å². The maximum absolute atomic E-state index is 13.0. The van der Waals surface area contributed by atoms with Crippen LogP contribution in [0.3, 0.4) is 0 Å². The first-order valence-electron chi connectivity index (χ1n) is 7.98. The van der Waals surface area contributed by atoms with Gasteiger partial charge in [-0.25, -0.2) is 4.39 Å². The molecule has 0 aliphatic carbocycles. The van der Waals surface area contributed by atoms with Gasteiger partial charge in [0.2, 0.25) is 0 Å². The van der Waals surface area contributed by atoms with Gasteiger partial charge in [0, 0.05) is 5.41 Å². The van der Waals surface area contributed by atoms with Crippen molar-refractivity contribution in [3.63, 3.8) is 0 Å². The minimum Gasteiger partial charge on any atom is -0.424 e. The molecular weight excluding hydrogens is 364 g/mol. The molecule has 2 heterocycles. The van der Waals surface area contributed by atoms with E-state index in [4.69, 9.17) is 4.74 Å². The Bertz CT molecular complexity index is 943. The standard InChI is InChI=1S/C18H16F4N4O/c1-17(2,3)14-8-12(13-9-15(26-25-13)18(20,21)22)23-16(24-14)27-11-6-4-10(19)5-7-11/h4-9H,1-3H3,(H,25,26). The number of halogens is 4. The first-order valence-corrected chi connectivity index (χ1v) is 7.98. The summed E-state index contributed by atoms with van der Waals surface area (Å²) in [6.45, 7) is 5.69. The van der Waals surface area contributed by atoms with E-state index < -0.39 is 23.1 Å². The van der Waals surface area contributed by atoms with Crippen LogP contribution in [0.25, 0.3) is 11.4 Å². The lowest BCUT2D eigenvalue weighted by Crippen LogP contribution is -2.15. The predicted molar refractivity (Wildman–Crippen MR) is 89.8 cm³/mol. The third-order valence-corrected chi connectivity index (χ3v) is 3.64. The van der Waals surface area contributed by atoms with E-state index in [1.165, 1.54) is 24.3 Å². The van der Waals surface area contributed by atoms with Gasteiger partial charge < -0.3 is 4.74 Å². The van der Waals surface area contributed by atoms with Crippen molar-refractivity contribution in [1.82, 2.24) is 20.2 Å². The number of alkyl halides is 3. The first-order chi connectivity index (χ1) is 12.5. The molecule has 2 aromatic heterocycles. The summed E-state index contributed by atoms with van der Waals surface area (Å²) >= 11 is 0. The Morgan fingerprint density at radius 1 is 0.926 bits per heavy atom. The Morgan fingerprint density at radius 3 is 2.15 bits per heavy atom. The first kappa shape index (κ1) is 18.8. The van der Waals surface area contributed by atoms with Gasteiger partial charge in [0.05, 0.1) is 11.4 Å². The zero-order chi connectivity index (χ0) is 19.8. The number of nitrogens with one attached hydrogen (secondary N) is 1. The lowest BCUT2D eigenvalue weighted by Gasteiger charge is -2.19. The predicted octanol–water partition coefficient (Wildman–Crippen LogP) is 5.11. The van der Waals surface area contributed by atoms with Crippen LogP contribution in [0.2, 0.25) is 0 Å². The molecule has 0 aliphatic rings. The number of H-pyrrole nitrogens is 1. The van der Waals surface area contributed by atoms with Crippen LogP contribution in [-0.2, 0) is 11.6 Å². The van der Waals surface area contributed by atoms with E-state index in [0.717, 1.165) is 6.07 Å². The molecule has 0 radical (unpaired) electrons. The lowest BCUT2D eigenvalue weighted by molar-refractivity contribution is -0.141. The minimum absolute atomic E-state index is 0.0131. The van der Waals surface area contributed by atoms with Gasteiger partial charge in [-0.3, -0.25) is 5.10 Å². The van der Waals surface area contributed by atoms with Crippen LogP contribution < -0.4 is 4.74 Å². The molecule has 0 spiro atoms. The highest BCUT2D eigenvalue weighted by molar-refractivity contribution is 5.56. The van der Waals surface area contributed by atoms with E-state index in [1.807, 2.05) is 25.9 Å². The second-order valence-electron chi connectivity index (χ2n) is 6.89. The van der Waals surface area contributed by atoms with Crippen LogP contribution in [0.5, 0.6) is 11.8 Å². The highest BCUT2D eigenvalue weighted by Gasteiger charge is 2.33. The SMILES string of the molecule is CC(C)(C)c1cc(-c2cc(C(F)(F)F)[nH]n2)nc(Oc2ccc(F)cc2)n1. The number of rotatable bonds is 3. The third kappa shape index (κ3) is 4.42. The number of aromatic amines is 1. The van der Waals surface area contributed by atoms with Crippen LogP contribution in [0.1, 0.15) is 32.2 Å². The molecule has 9 heteroatoms. The number of hydrogen-bond acceptors (Lipinski definition) is 4. The fraction of sp³-hybridized carbons (Fsp3) is 0.278. The Balaban J connectivity index is 2.03. The summed E-state index contributed by atoms with van der Waals surface area (Å²) in [7, 11) is 0. The molecule has 1 aromatic carbocycles. The topological polar surface area (TPSA) is 63.7 Å². The monoisotopic (exact) mass is 380 g/mol. The molecule has 0 bridgehead atoms. The van der Waals surface area contributed by atoms with E-state index in [2.05, 4.69) is 15.1 Å². The number of benzene rings is 1. The quantitative estimate of drug-likeness (QED) is 0.641. The van der Waals surface area contributed by atoms with Crippen molar-refractivity contribution in [2.45, 2.75) is 32.4 Å². The van der Waals surface area contributed by atoms with Crippen LogP contribution in [0, 0.1) is 5.82 Å². The summed E-state index contributed by atoms with van der Waals surface area (Å²) in [5.74, 6) is -0.130. The van der Waals surface area contributed by atoms with E-state index in [1.54, 1.807) is 6.07 Å². The second-order valence-corrected chi connectivity index (χ2v) is 6.89. The van der Waals surface area contributed by atoms with Gasteiger partial charge in [-0.15, -0.1) is 0 Å². The van der Waals surface area contributed by atoms with Crippen LogP contribution in [-0.4, -0.2) is 20.2 Å². The normalized spacial score (nSPS) is 12.3. The van der Waals surface area contributed by atoms with Gasteiger partial charge in [-0.2, -0.15) is 28.2 Å². The van der Waals surface area contributed by atoms with Crippen LogP contribution in [0.4, 0.5) is 17.6 Å². The van der Waals surface area contributed by atoms with Crippen LogP contribution >= 0.6 is 0 Å². The van der Waals surface area contributed by atoms with Crippen molar-refractivity contribution >= 4 is 0 Å². The summed E-state index contributed by atoms with van der Waals surface area (Å²) < 4.78 is 57.1. The Morgan fingerprint density at radius 2 is 1.59 bits per heavy atom. The summed E-state index contributed by atoms with van der Waals surface area (Å²) in [6, 6.07) is 7.60. The van der Waals surface area contributed by atoms with Crippen molar-refractivity contribution in [2.24, 2.45) is 0 Å². The minimum atomic E-state index is -4.54. The summed E-state index contributed by atoms with van der Waals surface area (Å²) in [6.07, 6.45) is -4.54. The van der Waals surface area contributed by atoms with Gasteiger partial charge in [0.15, 0.2) is 0 Å². The Hall–Kier alpha value is -2.97. The van der Waals surface area contributed by atoms with Crippen molar-refractivity contribution in [2.75, 3.05) is 0 Å². The number of hydrogen-bond donors (Lipinski definition) is 1. The summed E-state index contributed by atoms with van der Waals surface area (Å²) in [4.78, 5) is 8.47. The lowest BCUT2D eigenvalue weighted by atomic mass is 9.91. The fourth-order valence-electron chi connectivity index (χ4n) is 2.19. The van der Waals surface area contributed by atoms with Gasteiger partial charge in [0.25, 0.3) is 0 Å². The molecule has 27 heavy (non-hydrogen) atoms. The molecule has 0 atom stereocenters. The van der Waals surface area contributed by atoms with Crippen molar-refractivity contribution in [3.8, 4) is 23.1 Å². The van der Waals surface area contributed by atoms with Gasteiger partial charge in [0.1, 0.15) is 23.0 Å². The second kappa shape index (κ2) is 6.64. The van der Waals surface area contributed by atoms with E-state index in [9.17, 15) is 17.6 Å². The molecule has 0 saturated heterocycles. The molecule has 0 unspecified atom stereocenters. The van der Waals surface area contributed by atoms with Crippen molar-refractivity contribution in [1.29, 1.82) is 0 Å². The molecule has 0 fully saturated rings. The maximum Gasteiger partial charge on any atom is 0.432 e. The molecule has 3 rings (SSSR count). The average molecular weight is 380 g/mol. The molecule has 0 aliphatic heterocycles. The number of ether oxygens (including phenoxy) is 1. The highest BCUT2D eigenvalue weighted by atomic mass is 19.4. The molecule has 3 aromatic rings. The number of aromatic nitrogens is 4.